The molecule has 1 fully saturated rings. The molecule has 0 spiro atoms. The maximum absolute atomic E-state index is 13.7. The molecule has 0 saturated carbocycles. The van der Waals surface area contributed by atoms with Crippen LogP contribution in [0.15, 0.2) is 97.1 Å². The molecule has 6 nitrogen and oxygen atoms in total. The van der Waals surface area contributed by atoms with Gasteiger partial charge in [0, 0.05) is 50.5 Å². The quantitative estimate of drug-likeness (QED) is 0.192. The zero-order valence-corrected chi connectivity index (χ0v) is 26.8. The van der Waals surface area contributed by atoms with Crippen LogP contribution in [0.4, 0.5) is 18.9 Å². The first-order valence-corrected chi connectivity index (χ1v) is 16.7. The molecule has 2 aliphatic heterocycles. The van der Waals surface area contributed by atoms with Crippen LogP contribution in [0.25, 0.3) is 11.1 Å². The number of amides is 2. The first-order valence-electron chi connectivity index (χ1n) is 16.7. The van der Waals surface area contributed by atoms with E-state index in [1.165, 1.54) is 0 Å². The van der Waals surface area contributed by atoms with Crippen molar-refractivity contribution in [2.75, 3.05) is 44.2 Å². The van der Waals surface area contributed by atoms with Gasteiger partial charge in [0.1, 0.15) is 12.0 Å². The number of nitrogens with zero attached hydrogens (tertiary/aromatic N) is 3. The van der Waals surface area contributed by atoms with Crippen LogP contribution in [0.1, 0.15) is 51.9 Å². The lowest BCUT2D eigenvalue weighted by molar-refractivity contribution is -0.141. The first-order chi connectivity index (χ1) is 23.2. The Balaban J connectivity index is 0.965. The number of hydrogen-bond acceptors (Lipinski definition) is 4. The Morgan fingerprint density at radius 3 is 2.08 bits per heavy atom. The van der Waals surface area contributed by atoms with Crippen LogP contribution in [0.2, 0.25) is 0 Å². The number of unbranched alkanes of at least 4 members (excludes halogenated alkanes) is 1. The van der Waals surface area contributed by atoms with Crippen molar-refractivity contribution in [1.29, 1.82) is 0 Å². The number of halogens is 3. The lowest BCUT2D eigenvalue weighted by Crippen LogP contribution is -2.47. The van der Waals surface area contributed by atoms with Crippen molar-refractivity contribution in [3.8, 4) is 11.1 Å². The van der Waals surface area contributed by atoms with Gasteiger partial charge in [-0.15, -0.1) is 0 Å². The zero-order chi connectivity index (χ0) is 33.3. The summed E-state index contributed by atoms with van der Waals surface area (Å²) in [6, 6.07) is 31.5. The fourth-order valence-corrected chi connectivity index (χ4v) is 7.72. The molecule has 9 heteroatoms. The Bertz CT molecular complexity index is 1760. The van der Waals surface area contributed by atoms with E-state index in [-0.39, 0.29) is 5.91 Å². The van der Waals surface area contributed by atoms with Crippen molar-refractivity contribution >= 4 is 17.5 Å². The topological polar surface area (TPSA) is 55.9 Å². The number of benzene rings is 4. The van der Waals surface area contributed by atoms with Crippen LogP contribution in [0, 0.1) is 0 Å². The number of carbonyl (C=O) groups excluding carboxylic acids is 2. The van der Waals surface area contributed by atoms with Gasteiger partial charge in [0.2, 0.25) is 5.91 Å². The molecule has 0 atom stereocenters. The Morgan fingerprint density at radius 1 is 0.771 bits per heavy atom. The number of piperazine rings is 1. The third-order valence-electron chi connectivity index (χ3n) is 10.1. The van der Waals surface area contributed by atoms with Gasteiger partial charge in [0.05, 0.1) is 0 Å². The molecular weight excluding hydrogens is 613 g/mol. The largest absolute Gasteiger partial charge is 0.405 e. The Hall–Kier alpha value is -4.63. The SMILES string of the molecule is O=C1c2cc(N3CCN(CCCCC4(C(=O)NCC(F)(F)F)c5ccccc5-c5ccccc54)CC3)ccc2CN1Cc1ccccc1. The van der Waals surface area contributed by atoms with Crippen molar-refractivity contribution in [2.45, 2.75) is 43.9 Å². The molecule has 1 saturated heterocycles. The maximum Gasteiger partial charge on any atom is 0.405 e. The highest BCUT2D eigenvalue weighted by atomic mass is 19.4. The molecule has 7 rings (SSSR count). The van der Waals surface area contributed by atoms with Gasteiger partial charge >= 0.3 is 6.18 Å². The smallest absolute Gasteiger partial charge is 0.369 e. The van der Waals surface area contributed by atoms with Gasteiger partial charge in [-0.2, -0.15) is 13.2 Å². The summed E-state index contributed by atoms with van der Waals surface area (Å²) in [6.45, 7) is 4.12. The predicted octanol–water partition coefficient (Wildman–Crippen LogP) is 6.78. The van der Waals surface area contributed by atoms with E-state index in [0.29, 0.717) is 25.9 Å². The summed E-state index contributed by atoms with van der Waals surface area (Å²) < 4.78 is 39.6. The third-order valence-corrected chi connectivity index (χ3v) is 10.1. The summed E-state index contributed by atoms with van der Waals surface area (Å²) in [5, 5.41) is 2.23. The molecule has 4 aromatic rings. The number of anilines is 1. The molecule has 2 amide bonds. The molecule has 1 aliphatic carbocycles. The Labute approximate surface area is 279 Å². The molecule has 4 aromatic carbocycles. The summed E-state index contributed by atoms with van der Waals surface area (Å²) in [4.78, 5) is 33.6. The number of rotatable bonds is 10. The molecule has 1 N–H and O–H groups in total. The summed E-state index contributed by atoms with van der Waals surface area (Å²) in [5.41, 5.74) is 6.23. The molecular formula is C39H39F3N4O2. The van der Waals surface area contributed by atoms with Crippen molar-refractivity contribution in [3.63, 3.8) is 0 Å². The lowest BCUT2D eigenvalue weighted by Gasteiger charge is -2.36. The van der Waals surface area contributed by atoms with E-state index in [0.717, 1.165) is 83.8 Å². The highest BCUT2D eigenvalue weighted by Crippen LogP contribution is 2.51. The molecule has 48 heavy (non-hydrogen) atoms. The Morgan fingerprint density at radius 2 is 1.42 bits per heavy atom. The number of hydrogen-bond donors (Lipinski definition) is 1. The van der Waals surface area contributed by atoms with Gasteiger partial charge < -0.3 is 15.1 Å². The molecule has 0 aromatic heterocycles. The molecule has 0 bridgehead atoms. The molecule has 0 radical (unpaired) electrons. The molecule has 0 unspecified atom stereocenters. The van der Waals surface area contributed by atoms with Gasteiger partial charge in [0.25, 0.3) is 5.91 Å². The number of nitrogens with one attached hydrogen (secondary N) is 1. The Kier molecular flexibility index (Phi) is 8.73. The van der Waals surface area contributed by atoms with Crippen molar-refractivity contribution in [1.82, 2.24) is 15.1 Å². The fourth-order valence-electron chi connectivity index (χ4n) is 7.72. The number of alkyl halides is 3. The summed E-state index contributed by atoms with van der Waals surface area (Å²) in [7, 11) is 0. The summed E-state index contributed by atoms with van der Waals surface area (Å²) in [6.07, 6.45) is -2.55. The van der Waals surface area contributed by atoms with Gasteiger partial charge in [0.15, 0.2) is 0 Å². The number of fused-ring (bicyclic) bond motifs is 4. The highest BCUT2D eigenvalue weighted by molar-refractivity contribution is 6.01. The lowest BCUT2D eigenvalue weighted by atomic mass is 9.73. The monoisotopic (exact) mass is 652 g/mol. The highest BCUT2D eigenvalue weighted by Gasteiger charge is 2.49. The van der Waals surface area contributed by atoms with Crippen LogP contribution in [-0.4, -0.2) is 67.1 Å². The maximum atomic E-state index is 13.7. The van der Waals surface area contributed by atoms with Crippen molar-refractivity contribution in [3.05, 3.63) is 125 Å². The minimum atomic E-state index is -4.49. The van der Waals surface area contributed by atoms with Gasteiger partial charge in [-0.05, 0) is 64.9 Å². The minimum absolute atomic E-state index is 0.0757. The average molecular weight is 653 g/mol. The number of carbonyl (C=O) groups is 2. The third kappa shape index (κ3) is 6.19. The first kappa shape index (κ1) is 31.9. The van der Waals surface area contributed by atoms with E-state index in [1.807, 2.05) is 89.8 Å². The van der Waals surface area contributed by atoms with Crippen LogP contribution in [0.5, 0.6) is 0 Å². The van der Waals surface area contributed by atoms with E-state index in [9.17, 15) is 22.8 Å². The van der Waals surface area contributed by atoms with Crippen LogP contribution < -0.4 is 10.2 Å². The van der Waals surface area contributed by atoms with Gasteiger partial charge in [-0.25, -0.2) is 0 Å². The standard InChI is InChI=1S/C39H39F3N4O2/c40-39(41,42)27-43-37(48)38(34-14-6-4-12-31(34)32-13-5-7-15-35(32)38)18-8-9-19-44-20-22-45(23-21-44)30-17-16-29-26-46(36(47)33(29)24-30)25-28-10-2-1-3-11-28/h1-7,10-17,24H,8-9,18-23,25-27H2,(H,43,48). The van der Waals surface area contributed by atoms with Crippen LogP contribution in [-0.2, 0) is 23.3 Å². The zero-order valence-electron chi connectivity index (χ0n) is 26.8. The van der Waals surface area contributed by atoms with E-state index in [2.05, 4.69) is 27.2 Å². The van der Waals surface area contributed by atoms with E-state index < -0.39 is 24.0 Å². The van der Waals surface area contributed by atoms with Gasteiger partial charge in [-0.3, -0.25) is 14.5 Å². The molecule has 2 heterocycles. The van der Waals surface area contributed by atoms with Crippen molar-refractivity contribution < 1.29 is 22.8 Å². The normalized spacial score (nSPS) is 16.9. The second-order valence-corrected chi connectivity index (χ2v) is 13.1. The van der Waals surface area contributed by atoms with Crippen LogP contribution in [0.3, 0.4) is 0 Å². The van der Waals surface area contributed by atoms with E-state index >= 15 is 0 Å². The predicted molar refractivity (Wildman–Crippen MR) is 181 cm³/mol. The fraction of sp³-hybridized carbons (Fsp3) is 0.333. The second-order valence-electron chi connectivity index (χ2n) is 13.1. The molecule has 248 valence electrons. The second kappa shape index (κ2) is 13.1. The van der Waals surface area contributed by atoms with Gasteiger partial charge in [-0.1, -0.05) is 91.3 Å². The average Bonchev–Trinajstić information content (AvgIpc) is 3.57. The summed E-state index contributed by atoms with van der Waals surface area (Å²) >= 11 is 0. The van der Waals surface area contributed by atoms with Crippen LogP contribution >= 0.6 is 0 Å². The summed E-state index contributed by atoms with van der Waals surface area (Å²) in [5.74, 6) is -0.520. The van der Waals surface area contributed by atoms with E-state index in [1.54, 1.807) is 0 Å². The minimum Gasteiger partial charge on any atom is -0.369 e. The van der Waals surface area contributed by atoms with Crippen molar-refractivity contribution in [2.24, 2.45) is 0 Å². The van der Waals surface area contributed by atoms with E-state index in [4.69, 9.17) is 0 Å². The molecule has 3 aliphatic rings.